The highest BCUT2D eigenvalue weighted by Gasteiger charge is 2.23. The normalized spacial score (nSPS) is 17.4. The number of nitriles is 1. The van der Waals surface area contributed by atoms with Gasteiger partial charge < -0.3 is 9.47 Å². The second kappa shape index (κ2) is 4.56. The summed E-state index contributed by atoms with van der Waals surface area (Å²) in [7, 11) is 1.37. The lowest BCUT2D eigenvalue weighted by Crippen LogP contribution is -2.12. The molecule has 0 saturated carbocycles. The van der Waals surface area contributed by atoms with Gasteiger partial charge in [0.25, 0.3) is 0 Å². The quantitative estimate of drug-likeness (QED) is 0.749. The maximum atomic E-state index is 11.5. The van der Waals surface area contributed by atoms with Crippen LogP contribution in [0.25, 0.3) is 10.1 Å². The van der Waals surface area contributed by atoms with E-state index in [9.17, 15) is 4.79 Å². The molecule has 1 aliphatic rings. The highest BCUT2D eigenvalue weighted by Crippen LogP contribution is 2.39. The zero-order valence-corrected chi connectivity index (χ0v) is 11.1. The van der Waals surface area contributed by atoms with Crippen LogP contribution in [0, 0.1) is 11.3 Å². The first-order chi connectivity index (χ1) is 9.22. The van der Waals surface area contributed by atoms with Crippen molar-refractivity contribution in [2.75, 3.05) is 13.7 Å². The second-order valence-electron chi connectivity index (χ2n) is 4.35. The van der Waals surface area contributed by atoms with Crippen LogP contribution in [-0.2, 0) is 4.74 Å². The van der Waals surface area contributed by atoms with Gasteiger partial charge in [0, 0.05) is 16.7 Å². The van der Waals surface area contributed by atoms with Crippen molar-refractivity contribution in [3.05, 3.63) is 28.6 Å². The van der Waals surface area contributed by atoms with E-state index in [0.717, 1.165) is 21.4 Å². The number of benzene rings is 1. The number of methoxy groups -OCH3 is 1. The lowest BCUT2D eigenvalue weighted by Gasteiger charge is -2.21. The number of fused-ring (bicyclic) bond motifs is 2. The fourth-order valence-corrected chi connectivity index (χ4v) is 3.25. The Morgan fingerprint density at radius 3 is 3.11 bits per heavy atom. The van der Waals surface area contributed by atoms with Gasteiger partial charge in [-0.15, -0.1) is 11.3 Å². The molecule has 3 rings (SSSR count). The molecule has 0 spiro atoms. The highest BCUT2D eigenvalue weighted by atomic mass is 32.1. The molecule has 0 aliphatic carbocycles. The van der Waals surface area contributed by atoms with E-state index in [-0.39, 0.29) is 11.9 Å². The van der Waals surface area contributed by atoms with E-state index >= 15 is 0 Å². The zero-order valence-electron chi connectivity index (χ0n) is 10.3. The summed E-state index contributed by atoms with van der Waals surface area (Å²) in [5.41, 5.74) is 0.912. The molecule has 0 bridgehead atoms. The van der Waals surface area contributed by atoms with Crippen molar-refractivity contribution in [3.63, 3.8) is 0 Å². The largest absolute Gasteiger partial charge is 0.493 e. The number of ether oxygens (including phenoxy) is 2. The van der Waals surface area contributed by atoms with Crippen LogP contribution < -0.4 is 4.74 Å². The number of carbonyl (C=O) groups is 1. The van der Waals surface area contributed by atoms with Crippen LogP contribution in [0.2, 0.25) is 0 Å². The summed E-state index contributed by atoms with van der Waals surface area (Å²) in [6.07, 6.45) is 0.711. The van der Waals surface area contributed by atoms with E-state index in [0.29, 0.717) is 17.9 Å². The molecular weight excluding hydrogens is 262 g/mol. The van der Waals surface area contributed by atoms with Crippen molar-refractivity contribution in [3.8, 4) is 11.8 Å². The molecule has 1 atom stereocenters. The Kier molecular flexibility index (Phi) is 2.88. The van der Waals surface area contributed by atoms with Crippen LogP contribution in [0.5, 0.6) is 5.75 Å². The van der Waals surface area contributed by atoms with Gasteiger partial charge in [0.2, 0.25) is 0 Å². The highest BCUT2D eigenvalue weighted by molar-refractivity contribution is 7.20. The van der Waals surface area contributed by atoms with Gasteiger partial charge >= 0.3 is 5.97 Å². The number of hydrogen-bond donors (Lipinski definition) is 0. The van der Waals surface area contributed by atoms with Crippen LogP contribution in [0.4, 0.5) is 0 Å². The molecule has 1 aromatic carbocycles. The molecule has 0 N–H and O–H groups in total. The fourth-order valence-electron chi connectivity index (χ4n) is 2.26. The van der Waals surface area contributed by atoms with E-state index < -0.39 is 0 Å². The maximum absolute atomic E-state index is 11.5. The predicted molar refractivity (Wildman–Crippen MR) is 71.6 cm³/mol. The molecule has 0 amide bonds. The van der Waals surface area contributed by atoms with Gasteiger partial charge in [0.15, 0.2) is 0 Å². The topological polar surface area (TPSA) is 59.3 Å². The Labute approximate surface area is 114 Å². The van der Waals surface area contributed by atoms with E-state index in [1.807, 2.05) is 12.1 Å². The molecular formula is C14H11NO3S. The van der Waals surface area contributed by atoms with Gasteiger partial charge in [-0.05, 0) is 23.6 Å². The third-order valence-corrected chi connectivity index (χ3v) is 4.31. The summed E-state index contributed by atoms with van der Waals surface area (Å²) in [5, 5.41) is 10.1. The van der Waals surface area contributed by atoms with Crippen LogP contribution >= 0.6 is 11.3 Å². The van der Waals surface area contributed by atoms with Crippen LogP contribution in [0.15, 0.2) is 18.2 Å². The van der Waals surface area contributed by atoms with Crippen LogP contribution in [0.1, 0.15) is 27.6 Å². The summed E-state index contributed by atoms with van der Waals surface area (Å²) in [6.45, 7) is 0.561. The molecule has 1 unspecified atom stereocenters. The van der Waals surface area contributed by atoms with E-state index in [4.69, 9.17) is 14.7 Å². The molecule has 5 heteroatoms. The Hall–Kier alpha value is -2.06. The molecule has 2 aromatic rings. The smallest absolute Gasteiger partial charge is 0.348 e. The molecule has 19 heavy (non-hydrogen) atoms. The van der Waals surface area contributed by atoms with Crippen molar-refractivity contribution in [2.24, 2.45) is 0 Å². The third kappa shape index (κ3) is 1.94. The fraction of sp³-hybridized carbons (Fsp3) is 0.286. The molecule has 0 radical (unpaired) electrons. The third-order valence-electron chi connectivity index (χ3n) is 3.23. The zero-order chi connectivity index (χ0) is 13.4. The van der Waals surface area contributed by atoms with E-state index in [2.05, 4.69) is 6.07 Å². The van der Waals surface area contributed by atoms with Crippen molar-refractivity contribution in [1.82, 2.24) is 0 Å². The minimum absolute atomic E-state index is 0.130. The van der Waals surface area contributed by atoms with Gasteiger partial charge in [0.1, 0.15) is 10.6 Å². The standard InChI is InChI=1S/C14H11NO3S/c1-17-14(16)13-5-9-4-10-8(7-15)2-3-18-11(10)6-12(9)19-13/h4-6,8H,2-3H2,1H3. The number of rotatable bonds is 1. The van der Waals surface area contributed by atoms with Crippen LogP contribution in [0.3, 0.4) is 0 Å². The Morgan fingerprint density at radius 1 is 1.53 bits per heavy atom. The molecule has 1 aliphatic heterocycles. The Bertz CT molecular complexity index is 699. The van der Waals surface area contributed by atoms with Crippen molar-refractivity contribution < 1.29 is 14.3 Å². The predicted octanol–water partition coefficient (Wildman–Crippen LogP) is 3.08. The first kappa shape index (κ1) is 12.0. The average molecular weight is 273 g/mol. The Balaban J connectivity index is 2.15. The van der Waals surface area contributed by atoms with Crippen molar-refractivity contribution in [2.45, 2.75) is 12.3 Å². The molecule has 1 aromatic heterocycles. The van der Waals surface area contributed by atoms with Crippen molar-refractivity contribution in [1.29, 1.82) is 5.26 Å². The summed E-state index contributed by atoms with van der Waals surface area (Å²) in [4.78, 5) is 12.1. The van der Waals surface area contributed by atoms with E-state index in [1.165, 1.54) is 18.4 Å². The minimum atomic E-state index is -0.336. The van der Waals surface area contributed by atoms with Gasteiger partial charge in [-0.1, -0.05) is 0 Å². The van der Waals surface area contributed by atoms with Gasteiger partial charge in [0.05, 0.1) is 25.7 Å². The number of esters is 1. The summed E-state index contributed by atoms with van der Waals surface area (Å²) >= 11 is 1.37. The lowest BCUT2D eigenvalue weighted by atomic mass is 9.94. The molecule has 0 fully saturated rings. The average Bonchev–Trinajstić information content (AvgIpc) is 2.86. The SMILES string of the molecule is COC(=O)c1cc2cc3c(cc2s1)OCCC3C#N. The van der Waals surface area contributed by atoms with Gasteiger partial charge in [-0.3, -0.25) is 0 Å². The van der Waals surface area contributed by atoms with Crippen LogP contribution in [-0.4, -0.2) is 19.7 Å². The summed E-state index contributed by atoms with van der Waals surface area (Å²) < 4.78 is 11.3. The molecule has 0 saturated heterocycles. The number of nitrogens with zero attached hydrogens (tertiary/aromatic N) is 1. The first-order valence-electron chi connectivity index (χ1n) is 5.91. The molecule has 2 heterocycles. The summed E-state index contributed by atoms with van der Waals surface area (Å²) in [6, 6.07) is 7.95. The van der Waals surface area contributed by atoms with Gasteiger partial charge in [-0.25, -0.2) is 4.79 Å². The maximum Gasteiger partial charge on any atom is 0.348 e. The molecule has 96 valence electrons. The number of thiophene rings is 1. The molecule has 4 nitrogen and oxygen atoms in total. The monoisotopic (exact) mass is 273 g/mol. The Morgan fingerprint density at radius 2 is 2.37 bits per heavy atom. The summed E-state index contributed by atoms with van der Waals surface area (Å²) in [5.74, 6) is 0.287. The lowest BCUT2D eigenvalue weighted by molar-refractivity contribution is 0.0606. The minimum Gasteiger partial charge on any atom is -0.493 e. The van der Waals surface area contributed by atoms with E-state index in [1.54, 1.807) is 6.07 Å². The van der Waals surface area contributed by atoms with Gasteiger partial charge in [-0.2, -0.15) is 5.26 Å². The van der Waals surface area contributed by atoms with Crippen molar-refractivity contribution >= 4 is 27.4 Å². The number of hydrogen-bond acceptors (Lipinski definition) is 5. The second-order valence-corrected chi connectivity index (χ2v) is 5.43. The first-order valence-corrected chi connectivity index (χ1v) is 6.73. The number of carbonyl (C=O) groups excluding carboxylic acids is 1.